The molecular weight excluding hydrogens is 399 g/mol. The summed E-state index contributed by atoms with van der Waals surface area (Å²) in [5.74, 6) is 0. The molecule has 1 aliphatic heterocycles. The lowest BCUT2D eigenvalue weighted by Crippen LogP contribution is -2.41. The maximum atomic E-state index is 13.7. The molecule has 0 N–H and O–H groups in total. The molecule has 3 aromatic carbocycles. The van der Waals surface area contributed by atoms with Crippen LogP contribution < -0.4 is 0 Å². The van der Waals surface area contributed by atoms with E-state index in [2.05, 4.69) is 17.0 Å². The molecule has 1 saturated heterocycles. The maximum absolute atomic E-state index is 13.7. The van der Waals surface area contributed by atoms with Gasteiger partial charge in [0, 0.05) is 19.6 Å². The van der Waals surface area contributed by atoms with Crippen molar-refractivity contribution in [1.29, 1.82) is 0 Å². The van der Waals surface area contributed by atoms with Gasteiger partial charge in [0.2, 0.25) is 0 Å². The summed E-state index contributed by atoms with van der Waals surface area (Å²) in [6.45, 7) is 2.74. The monoisotopic (exact) mass is 423 g/mol. The first-order chi connectivity index (χ1) is 15.0. The summed E-state index contributed by atoms with van der Waals surface area (Å²) < 4.78 is 47.2. The van der Waals surface area contributed by atoms with Gasteiger partial charge in [-0.05, 0) is 34.4 Å². The fourth-order valence-electron chi connectivity index (χ4n) is 3.93. The molecule has 4 rings (SSSR count). The van der Waals surface area contributed by atoms with Crippen LogP contribution in [-0.4, -0.2) is 30.7 Å². The van der Waals surface area contributed by atoms with Crippen LogP contribution in [0, 0.1) is 0 Å². The highest BCUT2D eigenvalue weighted by atomic mass is 19.4. The summed E-state index contributed by atoms with van der Waals surface area (Å²) >= 11 is 0. The number of rotatable bonds is 5. The standard InChI is InChI=1S/C26H24F3NO/c27-26(28,29)25-14-8-7-13-23(25)24(21-11-5-2-6-12-21)17-22-19-30(15-16-31-22)18-20-9-3-1-4-10-20/h1-14,17,22H,15-16,18-19H2. The molecular formula is C26H24F3NO. The van der Waals surface area contributed by atoms with E-state index in [1.54, 1.807) is 6.07 Å². The van der Waals surface area contributed by atoms with E-state index < -0.39 is 11.7 Å². The van der Waals surface area contributed by atoms with Crippen molar-refractivity contribution in [2.45, 2.75) is 18.8 Å². The maximum Gasteiger partial charge on any atom is 0.417 e. The Balaban J connectivity index is 1.67. The van der Waals surface area contributed by atoms with E-state index in [4.69, 9.17) is 4.74 Å². The molecule has 0 saturated carbocycles. The smallest absolute Gasteiger partial charge is 0.371 e. The van der Waals surface area contributed by atoms with E-state index in [1.165, 1.54) is 17.7 Å². The number of ether oxygens (including phenoxy) is 1. The van der Waals surface area contributed by atoms with Crippen LogP contribution >= 0.6 is 0 Å². The van der Waals surface area contributed by atoms with E-state index in [-0.39, 0.29) is 11.7 Å². The van der Waals surface area contributed by atoms with Gasteiger partial charge in [0.15, 0.2) is 0 Å². The molecule has 3 aromatic rings. The lowest BCUT2D eigenvalue weighted by molar-refractivity contribution is -0.137. The van der Waals surface area contributed by atoms with Crippen LogP contribution in [0.2, 0.25) is 0 Å². The van der Waals surface area contributed by atoms with Crippen molar-refractivity contribution in [2.24, 2.45) is 0 Å². The first kappa shape index (κ1) is 21.3. The van der Waals surface area contributed by atoms with E-state index in [0.717, 1.165) is 24.7 Å². The highest BCUT2D eigenvalue weighted by molar-refractivity contribution is 5.82. The van der Waals surface area contributed by atoms with E-state index >= 15 is 0 Å². The molecule has 1 heterocycles. The van der Waals surface area contributed by atoms with Crippen LogP contribution in [-0.2, 0) is 17.5 Å². The Morgan fingerprint density at radius 1 is 0.903 bits per heavy atom. The summed E-state index contributed by atoms with van der Waals surface area (Å²) in [5, 5.41) is 0. The van der Waals surface area contributed by atoms with Crippen molar-refractivity contribution in [1.82, 2.24) is 4.90 Å². The van der Waals surface area contributed by atoms with Gasteiger partial charge < -0.3 is 4.74 Å². The van der Waals surface area contributed by atoms with Gasteiger partial charge in [-0.15, -0.1) is 0 Å². The summed E-state index contributed by atoms with van der Waals surface area (Å²) in [7, 11) is 0. The molecule has 5 heteroatoms. The van der Waals surface area contributed by atoms with Crippen molar-refractivity contribution < 1.29 is 17.9 Å². The Morgan fingerprint density at radius 2 is 1.55 bits per heavy atom. The Kier molecular flexibility index (Phi) is 6.54. The summed E-state index contributed by atoms with van der Waals surface area (Å²) in [4.78, 5) is 2.28. The van der Waals surface area contributed by atoms with Gasteiger partial charge in [-0.25, -0.2) is 0 Å². The molecule has 2 nitrogen and oxygen atoms in total. The van der Waals surface area contributed by atoms with Gasteiger partial charge in [-0.1, -0.05) is 78.9 Å². The van der Waals surface area contributed by atoms with Gasteiger partial charge in [-0.3, -0.25) is 4.90 Å². The minimum atomic E-state index is -4.43. The van der Waals surface area contributed by atoms with Crippen molar-refractivity contribution in [3.05, 3.63) is 113 Å². The third-order valence-corrected chi connectivity index (χ3v) is 5.39. The third-order valence-electron chi connectivity index (χ3n) is 5.39. The molecule has 1 unspecified atom stereocenters. The van der Waals surface area contributed by atoms with E-state index in [0.29, 0.717) is 18.7 Å². The second kappa shape index (κ2) is 9.50. The summed E-state index contributed by atoms with van der Waals surface area (Å²) in [5.41, 5.74) is 2.02. The zero-order valence-corrected chi connectivity index (χ0v) is 17.1. The van der Waals surface area contributed by atoms with Crippen LogP contribution in [0.1, 0.15) is 22.3 Å². The minimum absolute atomic E-state index is 0.171. The Labute approximate surface area is 180 Å². The number of halogens is 3. The van der Waals surface area contributed by atoms with Gasteiger partial charge >= 0.3 is 6.18 Å². The molecule has 160 valence electrons. The van der Waals surface area contributed by atoms with Crippen molar-refractivity contribution in [2.75, 3.05) is 19.7 Å². The second-order valence-corrected chi connectivity index (χ2v) is 7.62. The number of morpholine rings is 1. The highest BCUT2D eigenvalue weighted by Crippen LogP contribution is 2.37. The largest absolute Gasteiger partial charge is 0.417 e. The number of hydrogen-bond acceptors (Lipinski definition) is 2. The average molecular weight is 423 g/mol. The topological polar surface area (TPSA) is 12.5 Å². The lowest BCUT2D eigenvalue weighted by atomic mass is 9.92. The molecule has 0 bridgehead atoms. The average Bonchev–Trinajstić information content (AvgIpc) is 2.78. The predicted molar refractivity (Wildman–Crippen MR) is 116 cm³/mol. The van der Waals surface area contributed by atoms with Crippen molar-refractivity contribution in [3.63, 3.8) is 0 Å². The SMILES string of the molecule is FC(F)(F)c1ccccc1C(=CC1CN(Cc2ccccc2)CCO1)c1ccccc1. The van der Waals surface area contributed by atoms with Gasteiger partial charge in [0.05, 0.1) is 18.3 Å². The number of alkyl halides is 3. The van der Waals surface area contributed by atoms with Crippen LogP contribution in [0.15, 0.2) is 91.0 Å². The van der Waals surface area contributed by atoms with Crippen LogP contribution in [0.5, 0.6) is 0 Å². The first-order valence-corrected chi connectivity index (χ1v) is 10.3. The second-order valence-electron chi connectivity index (χ2n) is 7.62. The molecule has 1 atom stereocenters. The van der Waals surface area contributed by atoms with Crippen molar-refractivity contribution >= 4 is 5.57 Å². The van der Waals surface area contributed by atoms with Crippen molar-refractivity contribution in [3.8, 4) is 0 Å². The Morgan fingerprint density at radius 3 is 2.26 bits per heavy atom. The quantitative estimate of drug-likeness (QED) is 0.496. The molecule has 0 radical (unpaired) electrons. The highest BCUT2D eigenvalue weighted by Gasteiger charge is 2.34. The number of hydrogen-bond donors (Lipinski definition) is 0. The van der Waals surface area contributed by atoms with Gasteiger partial charge in [-0.2, -0.15) is 13.2 Å². The Bertz CT molecular complexity index is 1020. The van der Waals surface area contributed by atoms with E-state index in [1.807, 2.05) is 54.6 Å². The van der Waals surface area contributed by atoms with E-state index in [9.17, 15) is 13.2 Å². The number of nitrogens with zero attached hydrogens (tertiary/aromatic N) is 1. The fraction of sp³-hybridized carbons (Fsp3) is 0.231. The zero-order valence-electron chi connectivity index (χ0n) is 17.1. The van der Waals surface area contributed by atoms with Gasteiger partial charge in [0.25, 0.3) is 0 Å². The number of benzene rings is 3. The summed E-state index contributed by atoms with van der Waals surface area (Å²) in [6.07, 6.45) is -2.89. The summed E-state index contributed by atoms with van der Waals surface area (Å²) in [6, 6.07) is 25.1. The fourth-order valence-corrected chi connectivity index (χ4v) is 3.93. The molecule has 1 aliphatic rings. The Hall–Kier alpha value is -2.89. The van der Waals surface area contributed by atoms with Crippen LogP contribution in [0.3, 0.4) is 0 Å². The molecule has 31 heavy (non-hydrogen) atoms. The molecule has 0 aromatic heterocycles. The van der Waals surface area contributed by atoms with Gasteiger partial charge in [0.1, 0.15) is 0 Å². The van der Waals surface area contributed by atoms with Crippen LogP contribution in [0.25, 0.3) is 5.57 Å². The molecule has 0 aliphatic carbocycles. The zero-order chi connectivity index (χ0) is 21.7. The predicted octanol–water partition coefficient (Wildman–Crippen LogP) is 6.04. The third kappa shape index (κ3) is 5.43. The lowest BCUT2D eigenvalue weighted by Gasteiger charge is -2.32. The molecule has 1 fully saturated rings. The normalized spacial score (nSPS) is 18.2. The first-order valence-electron chi connectivity index (χ1n) is 10.3. The minimum Gasteiger partial charge on any atom is -0.371 e. The molecule has 0 spiro atoms. The van der Waals surface area contributed by atoms with Crippen LogP contribution in [0.4, 0.5) is 13.2 Å². The molecule has 0 amide bonds.